The largest absolute Gasteiger partial charge is 0.497 e. The first-order valence-electron chi connectivity index (χ1n) is 9.02. The van der Waals surface area contributed by atoms with Crippen molar-refractivity contribution in [1.29, 1.82) is 0 Å². The number of rotatable bonds is 6. The van der Waals surface area contributed by atoms with Gasteiger partial charge < -0.3 is 14.2 Å². The molecule has 3 aromatic rings. The average molecular weight is 492 g/mol. The lowest BCUT2D eigenvalue weighted by atomic mass is 10.3. The topological polar surface area (TPSA) is 27.7 Å². The fourth-order valence-electron chi connectivity index (χ4n) is 3.46. The van der Waals surface area contributed by atoms with E-state index in [0.717, 1.165) is 21.3 Å². The molecule has 0 N–H and O–H groups in total. The van der Waals surface area contributed by atoms with E-state index in [9.17, 15) is 26.3 Å². The van der Waals surface area contributed by atoms with Crippen LogP contribution >= 0.6 is 0 Å². The molecule has 3 aromatic carbocycles. The number of hydrogen-bond acceptors (Lipinski definition) is 3. The van der Waals surface area contributed by atoms with Crippen LogP contribution in [0.5, 0.6) is 17.2 Å². The minimum Gasteiger partial charge on any atom is -0.497 e. The number of ether oxygens (including phenoxy) is 3. The summed E-state index contributed by atoms with van der Waals surface area (Å²) in [7, 11) is 2.74. The third kappa shape index (κ3) is 4.20. The fraction of sp³-hybridized carbons (Fsp3) is 0.143. The Kier molecular flexibility index (Phi) is 7.09. The van der Waals surface area contributed by atoms with Crippen LogP contribution < -0.4 is 27.5 Å². The third-order valence-corrected chi connectivity index (χ3v) is 8.23. The van der Waals surface area contributed by atoms with Gasteiger partial charge in [-0.3, -0.25) is 0 Å². The van der Waals surface area contributed by atoms with Crippen LogP contribution in [0.15, 0.2) is 24.3 Å². The van der Waals surface area contributed by atoms with Crippen LogP contribution in [0.2, 0.25) is 0 Å². The summed E-state index contributed by atoms with van der Waals surface area (Å²) < 4.78 is 128. The van der Waals surface area contributed by atoms with Crippen molar-refractivity contribution in [3.05, 3.63) is 70.8 Å². The number of methoxy groups -OCH3 is 3. The second-order valence-electron chi connectivity index (χ2n) is 6.64. The highest BCUT2D eigenvalue weighted by molar-refractivity contribution is 6.95. The quantitative estimate of drug-likeness (QED) is 0.391. The molecule has 0 amide bonds. The molecule has 0 fully saturated rings. The minimum absolute atomic E-state index is 0.146. The molecule has 3 nitrogen and oxygen atoms in total. The first-order valence-corrected chi connectivity index (χ1v) is 10.8. The third-order valence-electron chi connectivity index (χ3n) is 4.89. The fourth-order valence-corrected chi connectivity index (χ4v) is 6.54. The molecule has 0 saturated carbocycles. The van der Waals surface area contributed by atoms with Crippen LogP contribution in [-0.4, -0.2) is 35.5 Å². The zero-order valence-corrected chi connectivity index (χ0v) is 18.3. The van der Waals surface area contributed by atoms with Gasteiger partial charge in [-0.15, -0.1) is 0 Å². The van der Waals surface area contributed by atoms with Crippen molar-refractivity contribution < 1.29 is 49.3 Å². The van der Waals surface area contributed by atoms with Crippen molar-refractivity contribution in [1.82, 2.24) is 0 Å². The highest BCUT2D eigenvalue weighted by atomic mass is 27.2. The van der Waals surface area contributed by atoms with E-state index in [1.165, 1.54) is 0 Å². The maximum Gasteiger partial charge on any atom is 0.412 e. The molecule has 0 aliphatic carbocycles. The summed E-state index contributed by atoms with van der Waals surface area (Å²) in [5.41, 5.74) is 0. The van der Waals surface area contributed by atoms with E-state index >= 15 is 8.78 Å². The van der Waals surface area contributed by atoms with Crippen LogP contribution in [0.4, 0.5) is 35.1 Å². The van der Waals surface area contributed by atoms with Gasteiger partial charge in [0.2, 0.25) is 0 Å². The minimum atomic E-state index is -4.50. The predicted molar refractivity (Wildman–Crippen MR) is 103 cm³/mol. The molecular weight excluding hydrogens is 479 g/mol. The highest BCUT2D eigenvalue weighted by Crippen LogP contribution is 2.26. The second kappa shape index (κ2) is 9.49. The Morgan fingerprint density at radius 1 is 0.485 bits per heavy atom. The molecule has 0 atom stereocenters. The highest BCUT2D eigenvalue weighted by Gasteiger charge is 2.43. The number of halogens is 8. The van der Waals surface area contributed by atoms with Gasteiger partial charge in [0, 0.05) is 24.3 Å². The molecule has 12 heteroatoms. The van der Waals surface area contributed by atoms with Gasteiger partial charge in [0.15, 0.2) is 34.8 Å². The molecule has 0 aromatic heterocycles. The van der Waals surface area contributed by atoms with Gasteiger partial charge in [0.25, 0.3) is 0 Å². The standard InChI is InChI=1S/2C7H4F3O.C7H5F2O.Al/c2*1-11-7-5(9)2-4(8)3-6(7)10;1-10-7-3-5(8)2-6(9)4-7;/h2*2H,1H3;3-4H,1H3;. The van der Waals surface area contributed by atoms with E-state index in [1.54, 1.807) is 0 Å². The van der Waals surface area contributed by atoms with E-state index in [4.69, 9.17) is 4.74 Å². The summed E-state index contributed by atoms with van der Waals surface area (Å²) in [6.07, 6.45) is 0. The molecule has 0 heterocycles. The maximum absolute atomic E-state index is 15.2. The van der Waals surface area contributed by atoms with Gasteiger partial charge in [-0.1, -0.05) is 0 Å². The van der Waals surface area contributed by atoms with Crippen molar-refractivity contribution in [2.45, 2.75) is 0 Å². The smallest absolute Gasteiger partial charge is 0.412 e. The van der Waals surface area contributed by atoms with Gasteiger partial charge in [-0.2, -0.15) is 0 Å². The van der Waals surface area contributed by atoms with Gasteiger partial charge in [-0.05, 0) is 13.3 Å². The summed E-state index contributed by atoms with van der Waals surface area (Å²) in [5, 5.41) is 0. The lowest BCUT2D eigenvalue weighted by Gasteiger charge is -2.21. The van der Waals surface area contributed by atoms with Crippen molar-refractivity contribution in [2.75, 3.05) is 21.3 Å². The monoisotopic (exact) mass is 492 g/mol. The van der Waals surface area contributed by atoms with Crippen molar-refractivity contribution in [2.24, 2.45) is 0 Å². The molecule has 0 bridgehead atoms. The Hall–Kier alpha value is -2.97. The normalized spacial score (nSPS) is 10.9. The molecule has 0 aliphatic heterocycles. The van der Waals surface area contributed by atoms with Crippen molar-refractivity contribution >= 4 is 27.4 Å². The summed E-state index contributed by atoms with van der Waals surface area (Å²) in [6.45, 7) is 0. The Labute approximate surface area is 186 Å². The second-order valence-corrected chi connectivity index (χ2v) is 9.24. The van der Waals surface area contributed by atoms with Gasteiger partial charge in [0.1, 0.15) is 29.0 Å². The Balaban J connectivity index is 2.53. The van der Waals surface area contributed by atoms with Crippen LogP contribution in [0.3, 0.4) is 0 Å². The molecule has 0 unspecified atom stereocenters. The SMILES string of the molecule is COc1cc(F)[c]([Al]([c]2c(F)cc(F)c(OC)c2F)[c]2c(F)cc(F)c(OC)c2F)c(F)c1. The molecule has 0 spiro atoms. The summed E-state index contributed by atoms with van der Waals surface area (Å²) >= 11 is -4.50. The molecule has 0 aliphatic rings. The number of hydrogen-bond donors (Lipinski definition) is 0. The van der Waals surface area contributed by atoms with E-state index in [0.29, 0.717) is 12.1 Å². The Bertz CT molecular complexity index is 1150. The summed E-state index contributed by atoms with van der Waals surface area (Å²) in [6, 6.07) is 1.55. The van der Waals surface area contributed by atoms with Crippen LogP contribution in [0.25, 0.3) is 0 Å². The van der Waals surface area contributed by atoms with Crippen LogP contribution in [0, 0.1) is 46.5 Å². The first kappa shape index (κ1) is 24.7. The van der Waals surface area contributed by atoms with Crippen molar-refractivity contribution in [3.8, 4) is 17.2 Å². The van der Waals surface area contributed by atoms with Crippen LogP contribution in [0.1, 0.15) is 0 Å². The van der Waals surface area contributed by atoms with Crippen molar-refractivity contribution in [3.63, 3.8) is 0 Å². The van der Waals surface area contributed by atoms with E-state index in [1.807, 2.05) is 0 Å². The molecular formula is C21H13AlF8O3. The molecule has 0 saturated heterocycles. The van der Waals surface area contributed by atoms with Gasteiger partial charge in [-0.25, -0.2) is 35.1 Å². The van der Waals surface area contributed by atoms with E-state index < -0.39 is 85.5 Å². The zero-order valence-electron chi connectivity index (χ0n) is 17.1. The summed E-state index contributed by atoms with van der Waals surface area (Å²) in [4.78, 5) is 0. The predicted octanol–water partition coefficient (Wildman–Crippen LogP) is 3.34. The van der Waals surface area contributed by atoms with Crippen LogP contribution in [-0.2, 0) is 0 Å². The Morgan fingerprint density at radius 3 is 1.18 bits per heavy atom. The molecule has 174 valence electrons. The molecule has 33 heavy (non-hydrogen) atoms. The summed E-state index contributed by atoms with van der Waals surface area (Å²) in [5.74, 6) is -15.4. The van der Waals surface area contributed by atoms with Gasteiger partial charge >= 0.3 is 14.1 Å². The van der Waals surface area contributed by atoms with Gasteiger partial charge in [0.05, 0.1) is 21.3 Å². The lowest BCUT2D eigenvalue weighted by Crippen LogP contribution is -2.59. The number of benzene rings is 3. The van der Waals surface area contributed by atoms with E-state index in [-0.39, 0.29) is 17.9 Å². The molecule has 0 radical (unpaired) electrons. The average Bonchev–Trinajstić information content (AvgIpc) is 2.72. The zero-order chi connectivity index (χ0) is 24.6. The molecule has 3 rings (SSSR count). The lowest BCUT2D eigenvalue weighted by molar-refractivity contribution is 0.357. The maximum atomic E-state index is 15.2. The first-order chi connectivity index (χ1) is 15.6. The van der Waals surface area contributed by atoms with E-state index in [2.05, 4.69) is 9.47 Å². The Morgan fingerprint density at radius 2 is 0.848 bits per heavy atom.